The number of allylic oxidation sites excluding steroid dienone is 4. The van der Waals surface area contributed by atoms with Crippen LogP contribution in [0.2, 0.25) is 6.55 Å². The largest absolute Gasteiger partial charge is 0.0804 e. The Bertz CT molecular complexity index is 439. The fourth-order valence-corrected chi connectivity index (χ4v) is 3.26. The molecule has 1 aromatic rings. The van der Waals surface area contributed by atoms with Crippen molar-refractivity contribution in [3.8, 4) is 0 Å². The standard InChI is InChI=1S/C15H18Si/c1-15(2,12-8-4-5-9-12)13-10-6-7-11-14(13)16-3/h4-8,10-11H,9H2,1-3H3. The van der Waals surface area contributed by atoms with E-state index in [-0.39, 0.29) is 5.41 Å². The summed E-state index contributed by atoms with van der Waals surface area (Å²) in [4.78, 5) is 0. The summed E-state index contributed by atoms with van der Waals surface area (Å²) < 4.78 is 0. The molecule has 0 amide bonds. The van der Waals surface area contributed by atoms with Crippen LogP contribution in [0.4, 0.5) is 0 Å². The van der Waals surface area contributed by atoms with Crippen molar-refractivity contribution in [1.29, 1.82) is 0 Å². The topological polar surface area (TPSA) is 0 Å². The fraction of sp³-hybridized carbons (Fsp3) is 0.333. The first-order valence-electron chi connectivity index (χ1n) is 5.79. The van der Waals surface area contributed by atoms with Gasteiger partial charge >= 0.3 is 0 Å². The van der Waals surface area contributed by atoms with Crippen LogP contribution in [0.15, 0.2) is 48.1 Å². The van der Waals surface area contributed by atoms with E-state index in [1.807, 2.05) is 0 Å². The van der Waals surface area contributed by atoms with E-state index in [0.29, 0.717) is 0 Å². The fourth-order valence-electron chi connectivity index (χ4n) is 2.33. The maximum Gasteiger partial charge on any atom is 0.0777 e. The quantitative estimate of drug-likeness (QED) is 0.694. The molecule has 0 aliphatic heterocycles. The van der Waals surface area contributed by atoms with Crippen LogP contribution in [-0.4, -0.2) is 9.52 Å². The monoisotopic (exact) mass is 226 g/mol. The highest BCUT2D eigenvalue weighted by Crippen LogP contribution is 2.34. The third-order valence-electron chi connectivity index (χ3n) is 3.44. The summed E-state index contributed by atoms with van der Waals surface area (Å²) in [6, 6.07) is 8.85. The van der Waals surface area contributed by atoms with Crippen LogP contribution in [0.25, 0.3) is 0 Å². The molecular weight excluding hydrogens is 208 g/mol. The zero-order valence-corrected chi connectivity index (χ0v) is 11.2. The van der Waals surface area contributed by atoms with Crippen molar-refractivity contribution in [3.63, 3.8) is 0 Å². The smallest absolute Gasteiger partial charge is 0.0777 e. The van der Waals surface area contributed by atoms with E-state index in [1.165, 1.54) is 16.3 Å². The van der Waals surface area contributed by atoms with Crippen LogP contribution in [0.5, 0.6) is 0 Å². The van der Waals surface area contributed by atoms with Gasteiger partial charge in [-0.25, -0.2) is 0 Å². The van der Waals surface area contributed by atoms with Crippen LogP contribution < -0.4 is 5.19 Å². The lowest BCUT2D eigenvalue weighted by Crippen LogP contribution is -2.30. The van der Waals surface area contributed by atoms with E-state index < -0.39 is 0 Å². The molecule has 16 heavy (non-hydrogen) atoms. The zero-order valence-electron chi connectivity index (χ0n) is 10.2. The van der Waals surface area contributed by atoms with Gasteiger partial charge in [0.1, 0.15) is 0 Å². The molecule has 1 aliphatic carbocycles. The minimum Gasteiger partial charge on any atom is -0.0804 e. The molecule has 82 valence electrons. The maximum atomic E-state index is 2.34. The normalized spacial score (nSPS) is 15.3. The van der Waals surface area contributed by atoms with E-state index in [1.54, 1.807) is 0 Å². The summed E-state index contributed by atoms with van der Waals surface area (Å²) in [7, 11) is 0.871. The first-order valence-corrected chi connectivity index (χ1v) is 7.29. The summed E-state index contributed by atoms with van der Waals surface area (Å²) >= 11 is 0. The lowest BCUT2D eigenvalue weighted by Gasteiger charge is -2.29. The van der Waals surface area contributed by atoms with Gasteiger partial charge in [-0.2, -0.15) is 0 Å². The van der Waals surface area contributed by atoms with E-state index in [9.17, 15) is 0 Å². The van der Waals surface area contributed by atoms with Gasteiger partial charge in [0.25, 0.3) is 0 Å². The molecule has 0 nitrogen and oxygen atoms in total. The highest BCUT2D eigenvalue weighted by Gasteiger charge is 2.27. The Kier molecular flexibility index (Phi) is 3.15. The number of hydrogen-bond donors (Lipinski definition) is 0. The second-order valence-corrected chi connectivity index (χ2v) is 5.78. The number of rotatable bonds is 3. The van der Waals surface area contributed by atoms with Crippen LogP contribution in [0, 0.1) is 0 Å². The summed E-state index contributed by atoms with van der Waals surface area (Å²) in [5.41, 5.74) is 3.19. The second-order valence-electron chi connectivity index (χ2n) is 4.74. The molecule has 0 unspecified atom stereocenters. The Balaban J connectivity index is 2.42. The van der Waals surface area contributed by atoms with Crippen molar-refractivity contribution in [1.82, 2.24) is 0 Å². The van der Waals surface area contributed by atoms with E-state index >= 15 is 0 Å². The van der Waals surface area contributed by atoms with Gasteiger partial charge in [-0.3, -0.25) is 0 Å². The molecule has 0 saturated heterocycles. The average molecular weight is 226 g/mol. The molecule has 1 heteroatoms. The molecule has 0 aromatic heterocycles. The number of benzene rings is 1. The van der Waals surface area contributed by atoms with Gasteiger partial charge in [0, 0.05) is 5.41 Å². The Morgan fingerprint density at radius 2 is 1.94 bits per heavy atom. The summed E-state index contributed by atoms with van der Waals surface area (Å²) in [5.74, 6) is 0. The van der Waals surface area contributed by atoms with Crippen LogP contribution >= 0.6 is 0 Å². The second kappa shape index (κ2) is 4.42. The van der Waals surface area contributed by atoms with Gasteiger partial charge in [0.2, 0.25) is 0 Å². The third kappa shape index (κ3) is 1.92. The average Bonchev–Trinajstić information content (AvgIpc) is 2.83. The molecule has 2 rings (SSSR count). The Hall–Kier alpha value is -1.08. The van der Waals surface area contributed by atoms with Crippen LogP contribution in [-0.2, 0) is 5.41 Å². The Labute approximate surface area is 101 Å². The minimum absolute atomic E-state index is 0.170. The summed E-state index contributed by atoms with van der Waals surface area (Å²) in [5, 5.41) is 1.50. The highest BCUT2D eigenvalue weighted by molar-refractivity contribution is 6.52. The van der Waals surface area contributed by atoms with Crippen molar-refractivity contribution in [3.05, 3.63) is 53.6 Å². The van der Waals surface area contributed by atoms with Crippen molar-refractivity contribution in [2.45, 2.75) is 32.2 Å². The van der Waals surface area contributed by atoms with Crippen molar-refractivity contribution in [2.75, 3.05) is 0 Å². The van der Waals surface area contributed by atoms with Gasteiger partial charge in [-0.1, -0.05) is 73.6 Å². The minimum atomic E-state index is 0.170. The molecule has 0 heterocycles. The Morgan fingerprint density at radius 1 is 1.19 bits per heavy atom. The van der Waals surface area contributed by atoms with E-state index in [0.717, 1.165) is 15.9 Å². The van der Waals surface area contributed by atoms with E-state index in [2.05, 4.69) is 62.9 Å². The Morgan fingerprint density at radius 3 is 2.56 bits per heavy atom. The molecule has 2 radical (unpaired) electrons. The van der Waals surface area contributed by atoms with Crippen LogP contribution in [0.3, 0.4) is 0 Å². The molecule has 0 N–H and O–H groups in total. The molecule has 1 aliphatic rings. The van der Waals surface area contributed by atoms with Gasteiger partial charge in [0.15, 0.2) is 0 Å². The van der Waals surface area contributed by atoms with Crippen LogP contribution in [0.1, 0.15) is 25.8 Å². The predicted molar refractivity (Wildman–Crippen MR) is 72.6 cm³/mol. The number of hydrogen-bond acceptors (Lipinski definition) is 0. The van der Waals surface area contributed by atoms with Gasteiger partial charge in [-0.15, -0.1) is 0 Å². The molecule has 0 atom stereocenters. The van der Waals surface area contributed by atoms with Crippen molar-refractivity contribution in [2.24, 2.45) is 0 Å². The molecule has 0 saturated carbocycles. The molecular formula is C15H18Si. The summed E-state index contributed by atoms with van der Waals surface area (Å²) in [6.07, 6.45) is 7.80. The third-order valence-corrected chi connectivity index (χ3v) is 4.42. The lowest BCUT2D eigenvalue weighted by atomic mass is 9.77. The zero-order chi connectivity index (χ0) is 11.6. The van der Waals surface area contributed by atoms with Gasteiger partial charge < -0.3 is 0 Å². The molecule has 1 aromatic carbocycles. The van der Waals surface area contributed by atoms with Gasteiger partial charge in [-0.05, 0) is 12.0 Å². The molecule has 0 spiro atoms. The highest BCUT2D eigenvalue weighted by atomic mass is 28.2. The molecule has 0 fully saturated rings. The van der Waals surface area contributed by atoms with Crippen molar-refractivity contribution < 1.29 is 0 Å². The maximum absolute atomic E-state index is 2.34. The lowest BCUT2D eigenvalue weighted by molar-refractivity contribution is 0.617. The predicted octanol–water partition coefficient (Wildman–Crippen LogP) is 3.23. The SMILES string of the molecule is C[Si]c1ccccc1C(C)(C)C1=CC=CC1. The van der Waals surface area contributed by atoms with Gasteiger partial charge in [0.05, 0.1) is 9.52 Å². The van der Waals surface area contributed by atoms with E-state index in [4.69, 9.17) is 0 Å². The first kappa shape index (κ1) is 11.4. The summed E-state index contributed by atoms with van der Waals surface area (Å²) in [6.45, 7) is 6.94. The first-order chi connectivity index (χ1) is 7.66. The molecule has 0 bridgehead atoms. The van der Waals surface area contributed by atoms with Crippen molar-refractivity contribution >= 4 is 14.7 Å².